The number of carbonyl (C=O) groups is 3. The quantitative estimate of drug-likeness (QED) is 0.715. The summed E-state index contributed by atoms with van der Waals surface area (Å²) in [6, 6.07) is 3.57. The van der Waals surface area contributed by atoms with Crippen molar-refractivity contribution in [3.63, 3.8) is 0 Å². The van der Waals surface area contributed by atoms with Crippen LogP contribution in [0.4, 0.5) is 0 Å². The van der Waals surface area contributed by atoms with Crippen molar-refractivity contribution in [2.75, 3.05) is 0 Å². The maximum absolute atomic E-state index is 10.7. The summed E-state index contributed by atoms with van der Waals surface area (Å²) in [5, 5.41) is 17.4. The van der Waals surface area contributed by atoms with Crippen molar-refractivity contribution in [1.82, 2.24) is 0 Å². The van der Waals surface area contributed by atoms with Crippen LogP contribution in [0, 0.1) is 0 Å². The third-order valence-corrected chi connectivity index (χ3v) is 1.89. The molecular weight excluding hydrogens is 200 g/mol. The topological polar surface area (TPSA) is 91.7 Å². The second-order valence-electron chi connectivity index (χ2n) is 2.85. The molecular formula is C10H8O5. The average Bonchev–Trinajstić information content (AvgIpc) is 2.17. The molecule has 1 aromatic carbocycles. The molecule has 0 saturated heterocycles. The first-order chi connectivity index (χ1) is 7.06. The monoisotopic (exact) mass is 208 g/mol. The number of benzene rings is 1. The van der Waals surface area contributed by atoms with Gasteiger partial charge in [0.25, 0.3) is 0 Å². The van der Waals surface area contributed by atoms with Gasteiger partial charge in [-0.3, -0.25) is 0 Å². The second kappa shape index (κ2) is 4.36. The Morgan fingerprint density at radius 1 is 1.20 bits per heavy atom. The molecule has 15 heavy (non-hydrogen) atoms. The van der Waals surface area contributed by atoms with Crippen molar-refractivity contribution in [1.29, 1.82) is 0 Å². The molecule has 0 bridgehead atoms. The van der Waals surface area contributed by atoms with Gasteiger partial charge in [0.2, 0.25) is 0 Å². The summed E-state index contributed by atoms with van der Waals surface area (Å²) >= 11 is 0. The Morgan fingerprint density at radius 2 is 1.87 bits per heavy atom. The molecule has 2 N–H and O–H groups in total. The van der Waals surface area contributed by atoms with Gasteiger partial charge in [-0.25, -0.2) is 9.59 Å². The summed E-state index contributed by atoms with van der Waals surface area (Å²) in [5.74, 6) is -2.33. The molecule has 0 saturated carbocycles. The number of hydrogen-bond acceptors (Lipinski definition) is 3. The first kappa shape index (κ1) is 10.9. The number of rotatable bonds is 4. The largest absolute Gasteiger partial charge is 0.478 e. The van der Waals surface area contributed by atoms with Gasteiger partial charge in [0, 0.05) is 6.42 Å². The van der Waals surface area contributed by atoms with Crippen LogP contribution in [-0.4, -0.2) is 28.4 Å². The highest BCUT2D eigenvalue weighted by Crippen LogP contribution is 2.12. The van der Waals surface area contributed by atoms with Gasteiger partial charge in [-0.1, -0.05) is 0 Å². The molecule has 0 heterocycles. The van der Waals surface area contributed by atoms with Crippen LogP contribution < -0.4 is 0 Å². The van der Waals surface area contributed by atoms with E-state index < -0.39 is 11.9 Å². The van der Waals surface area contributed by atoms with Crippen LogP contribution >= 0.6 is 0 Å². The van der Waals surface area contributed by atoms with Crippen LogP contribution in [0.15, 0.2) is 18.2 Å². The third-order valence-electron chi connectivity index (χ3n) is 1.89. The highest BCUT2D eigenvalue weighted by atomic mass is 16.4. The normalized spacial score (nSPS) is 9.60. The Morgan fingerprint density at radius 3 is 2.33 bits per heavy atom. The van der Waals surface area contributed by atoms with E-state index >= 15 is 0 Å². The summed E-state index contributed by atoms with van der Waals surface area (Å²) in [6.45, 7) is 0. The molecule has 0 atom stereocenters. The standard InChI is InChI=1S/C10H8O5/c11-4-3-6-5-7(9(12)13)1-2-8(6)10(14)15/h1-2,4-5H,3H2,(H,12,13)(H,14,15). The fourth-order valence-corrected chi connectivity index (χ4v) is 1.19. The molecule has 0 amide bonds. The number of carbonyl (C=O) groups excluding carboxylic acids is 1. The van der Waals surface area contributed by atoms with Crippen LogP contribution in [-0.2, 0) is 11.2 Å². The number of aldehydes is 1. The first-order valence-corrected chi connectivity index (χ1v) is 4.09. The summed E-state index contributed by atoms with van der Waals surface area (Å²) in [6.07, 6.45) is 0.427. The lowest BCUT2D eigenvalue weighted by molar-refractivity contribution is -0.107. The minimum atomic E-state index is -1.18. The molecule has 1 rings (SSSR count). The summed E-state index contributed by atoms with van der Waals surface area (Å²) in [4.78, 5) is 31.6. The van der Waals surface area contributed by atoms with Crippen molar-refractivity contribution in [3.8, 4) is 0 Å². The summed E-state index contributed by atoms with van der Waals surface area (Å²) in [7, 11) is 0. The fraction of sp³-hybridized carbons (Fsp3) is 0.100. The zero-order valence-electron chi connectivity index (χ0n) is 7.64. The average molecular weight is 208 g/mol. The second-order valence-corrected chi connectivity index (χ2v) is 2.85. The van der Waals surface area contributed by atoms with Crippen LogP contribution in [0.1, 0.15) is 26.3 Å². The Balaban J connectivity index is 3.25. The molecule has 0 aliphatic heterocycles. The zero-order valence-corrected chi connectivity index (χ0v) is 7.64. The minimum Gasteiger partial charge on any atom is -0.478 e. The molecule has 0 unspecified atom stereocenters. The van der Waals surface area contributed by atoms with E-state index in [1.165, 1.54) is 18.2 Å². The van der Waals surface area contributed by atoms with Crippen LogP contribution in [0.3, 0.4) is 0 Å². The minimum absolute atomic E-state index is 0.0307. The predicted octanol–water partition coefficient (Wildman–Crippen LogP) is 0.824. The lowest BCUT2D eigenvalue weighted by atomic mass is 10.0. The van der Waals surface area contributed by atoms with Gasteiger partial charge >= 0.3 is 11.9 Å². The van der Waals surface area contributed by atoms with Crippen molar-refractivity contribution < 1.29 is 24.6 Å². The van der Waals surface area contributed by atoms with Crippen molar-refractivity contribution in [2.45, 2.75) is 6.42 Å². The van der Waals surface area contributed by atoms with E-state index in [2.05, 4.69) is 0 Å². The van der Waals surface area contributed by atoms with E-state index in [1.54, 1.807) is 0 Å². The smallest absolute Gasteiger partial charge is 0.335 e. The van der Waals surface area contributed by atoms with E-state index in [-0.39, 0.29) is 23.1 Å². The molecule has 5 heteroatoms. The lowest BCUT2D eigenvalue weighted by Crippen LogP contribution is -2.06. The van der Waals surface area contributed by atoms with Gasteiger partial charge in [0.05, 0.1) is 11.1 Å². The zero-order chi connectivity index (χ0) is 11.4. The van der Waals surface area contributed by atoms with Gasteiger partial charge in [0.15, 0.2) is 0 Å². The Labute approximate surface area is 85.0 Å². The van der Waals surface area contributed by atoms with Gasteiger partial charge < -0.3 is 15.0 Å². The van der Waals surface area contributed by atoms with E-state index in [4.69, 9.17) is 10.2 Å². The maximum Gasteiger partial charge on any atom is 0.335 e. The number of carboxylic acid groups (broad SMARTS) is 2. The highest BCUT2D eigenvalue weighted by molar-refractivity contribution is 5.93. The molecule has 0 spiro atoms. The molecule has 5 nitrogen and oxygen atoms in total. The van der Waals surface area contributed by atoms with E-state index in [0.717, 1.165) is 0 Å². The van der Waals surface area contributed by atoms with Crippen molar-refractivity contribution in [2.24, 2.45) is 0 Å². The van der Waals surface area contributed by atoms with E-state index in [0.29, 0.717) is 6.29 Å². The molecule has 0 fully saturated rings. The SMILES string of the molecule is O=CCc1cc(C(=O)O)ccc1C(=O)O. The van der Waals surface area contributed by atoms with Crippen molar-refractivity contribution in [3.05, 3.63) is 34.9 Å². The lowest BCUT2D eigenvalue weighted by Gasteiger charge is -2.03. The Kier molecular flexibility index (Phi) is 3.17. The van der Waals surface area contributed by atoms with Gasteiger partial charge in [-0.05, 0) is 23.8 Å². The maximum atomic E-state index is 10.7. The molecule has 78 valence electrons. The van der Waals surface area contributed by atoms with Crippen molar-refractivity contribution >= 4 is 18.2 Å². The van der Waals surface area contributed by atoms with Gasteiger partial charge in [-0.15, -0.1) is 0 Å². The molecule has 0 aliphatic carbocycles. The molecule has 0 radical (unpaired) electrons. The number of carboxylic acids is 2. The van der Waals surface area contributed by atoms with Gasteiger partial charge in [0.1, 0.15) is 6.29 Å². The molecule has 1 aromatic rings. The van der Waals surface area contributed by atoms with E-state index in [9.17, 15) is 14.4 Å². The predicted molar refractivity (Wildman–Crippen MR) is 50.1 cm³/mol. The van der Waals surface area contributed by atoms with E-state index in [1.807, 2.05) is 0 Å². The fourth-order valence-electron chi connectivity index (χ4n) is 1.19. The number of hydrogen-bond donors (Lipinski definition) is 2. The summed E-state index contributed by atoms with van der Waals surface area (Å²) in [5.41, 5.74) is 0.126. The number of aromatic carboxylic acids is 2. The van der Waals surface area contributed by atoms with Crippen LogP contribution in [0.2, 0.25) is 0 Å². The Hall–Kier alpha value is -2.17. The molecule has 0 aliphatic rings. The Bertz CT molecular complexity index is 422. The van der Waals surface area contributed by atoms with Gasteiger partial charge in [-0.2, -0.15) is 0 Å². The van der Waals surface area contributed by atoms with Crippen LogP contribution in [0.25, 0.3) is 0 Å². The summed E-state index contributed by atoms with van der Waals surface area (Å²) < 4.78 is 0. The first-order valence-electron chi connectivity index (χ1n) is 4.09. The third kappa shape index (κ3) is 2.40. The highest BCUT2D eigenvalue weighted by Gasteiger charge is 2.12. The van der Waals surface area contributed by atoms with Crippen LogP contribution in [0.5, 0.6) is 0 Å². The molecule has 0 aromatic heterocycles.